The third kappa shape index (κ3) is 2.59. The van der Waals surface area contributed by atoms with Crippen LogP contribution in [-0.2, 0) is 6.42 Å². The molecule has 1 aromatic carbocycles. The molecule has 1 aromatic rings. The SMILES string of the molecule is CC1=CCCN(CC2CNc3ccccc3C2)C1. The van der Waals surface area contributed by atoms with Crippen molar-refractivity contribution in [2.24, 2.45) is 5.92 Å². The van der Waals surface area contributed by atoms with Gasteiger partial charge in [0.1, 0.15) is 0 Å². The summed E-state index contributed by atoms with van der Waals surface area (Å²) in [6.45, 7) is 7.00. The number of nitrogens with one attached hydrogen (secondary N) is 1. The summed E-state index contributed by atoms with van der Waals surface area (Å²) >= 11 is 0. The molecule has 0 aliphatic carbocycles. The Labute approximate surface area is 110 Å². The Kier molecular flexibility index (Phi) is 3.37. The molecule has 0 saturated heterocycles. The van der Waals surface area contributed by atoms with Gasteiger partial charge in [-0.1, -0.05) is 29.8 Å². The van der Waals surface area contributed by atoms with Crippen LogP contribution >= 0.6 is 0 Å². The molecule has 2 aliphatic heterocycles. The molecule has 2 heteroatoms. The molecular weight excluding hydrogens is 220 g/mol. The number of para-hydroxylation sites is 1. The van der Waals surface area contributed by atoms with Gasteiger partial charge in [-0.2, -0.15) is 0 Å². The Balaban J connectivity index is 1.61. The number of nitrogens with zero attached hydrogens (tertiary/aromatic N) is 1. The zero-order chi connectivity index (χ0) is 12.4. The summed E-state index contributed by atoms with van der Waals surface area (Å²) in [5.74, 6) is 0.755. The number of rotatable bonds is 2. The van der Waals surface area contributed by atoms with Crippen molar-refractivity contribution in [3.05, 3.63) is 41.5 Å². The molecule has 1 atom stereocenters. The maximum atomic E-state index is 3.57. The number of benzene rings is 1. The van der Waals surface area contributed by atoms with Gasteiger partial charge in [-0.05, 0) is 37.3 Å². The maximum absolute atomic E-state index is 3.57. The van der Waals surface area contributed by atoms with Gasteiger partial charge in [0.05, 0.1) is 0 Å². The first-order valence-corrected chi connectivity index (χ1v) is 7.01. The summed E-state index contributed by atoms with van der Waals surface area (Å²) < 4.78 is 0. The molecule has 1 unspecified atom stereocenters. The van der Waals surface area contributed by atoms with E-state index in [4.69, 9.17) is 0 Å². The smallest absolute Gasteiger partial charge is 0.0372 e. The highest BCUT2D eigenvalue weighted by Crippen LogP contribution is 2.25. The van der Waals surface area contributed by atoms with Gasteiger partial charge in [0.15, 0.2) is 0 Å². The van der Waals surface area contributed by atoms with Crippen LogP contribution in [0.4, 0.5) is 5.69 Å². The molecule has 2 aliphatic rings. The normalized spacial score (nSPS) is 24.1. The van der Waals surface area contributed by atoms with Crippen LogP contribution in [0.5, 0.6) is 0 Å². The predicted octanol–water partition coefficient (Wildman–Crippen LogP) is 2.92. The molecule has 2 nitrogen and oxygen atoms in total. The zero-order valence-electron chi connectivity index (χ0n) is 11.2. The topological polar surface area (TPSA) is 15.3 Å². The van der Waals surface area contributed by atoms with E-state index >= 15 is 0 Å². The highest BCUT2D eigenvalue weighted by molar-refractivity contribution is 5.53. The van der Waals surface area contributed by atoms with Crippen LogP contribution in [0.1, 0.15) is 18.9 Å². The summed E-state index contributed by atoms with van der Waals surface area (Å²) in [7, 11) is 0. The standard InChI is InChI=1S/C16H22N2/c1-13-5-4-8-18(11-13)12-14-9-15-6-2-3-7-16(15)17-10-14/h2-3,5-7,14,17H,4,8-12H2,1H3. The number of anilines is 1. The second-order valence-corrected chi connectivity index (χ2v) is 5.68. The van der Waals surface area contributed by atoms with Gasteiger partial charge in [-0.3, -0.25) is 4.90 Å². The lowest BCUT2D eigenvalue weighted by molar-refractivity contribution is 0.245. The van der Waals surface area contributed by atoms with E-state index in [9.17, 15) is 0 Å². The molecule has 3 rings (SSSR count). The van der Waals surface area contributed by atoms with E-state index in [0.29, 0.717) is 0 Å². The molecule has 0 aromatic heterocycles. The van der Waals surface area contributed by atoms with Crippen molar-refractivity contribution in [3.8, 4) is 0 Å². The Bertz CT molecular complexity index is 450. The minimum atomic E-state index is 0.755. The van der Waals surface area contributed by atoms with Crippen molar-refractivity contribution in [1.29, 1.82) is 0 Å². The Morgan fingerprint density at radius 2 is 2.22 bits per heavy atom. The second-order valence-electron chi connectivity index (χ2n) is 5.68. The minimum absolute atomic E-state index is 0.755. The van der Waals surface area contributed by atoms with Crippen molar-refractivity contribution in [1.82, 2.24) is 4.90 Å². The highest BCUT2D eigenvalue weighted by Gasteiger charge is 2.21. The molecule has 0 amide bonds. The number of hydrogen-bond donors (Lipinski definition) is 1. The molecule has 0 spiro atoms. The third-order valence-corrected chi connectivity index (χ3v) is 4.03. The number of hydrogen-bond acceptors (Lipinski definition) is 2. The van der Waals surface area contributed by atoms with E-state index in [1.165, 1.54) is 42.8 Å². The molecule has 0 bridgehead atoms. The predicted molar refractivity (Wildman–Crippen MR) is 76.9 cm³/mol. The van der Waals surface area contributed by atoms with Crippen LogP contribution in [-0.4, -0.2) is 31.1 Å². The fraction of sp³-hybridized carbons (Fsp3) is 0.500. The second kappa shape index (κ2) is 5.15. The monoisotopic (exact) mass is 242 g/mol. The van der Waals surface area contributed by atoms with Gasteiger partial charge in [-0.15, -0.1) is 0 Å². The maximum Gasteiger partial charge on any atom is 0.0372 e. The Morgan fingerprint density at radius 3 is 3.11 bits per heavy atom. The van der Waals surface area contributed by atoms with Crippen LogP contribution < -0.4 is 5.32 Å². The van der Waals surface area contributed by atoms with Gasteiger partial charge >= 0.3 is 0 Å². The zero-order valence-corrected chi connectivity index (χ0v) is 11.2. The third-order valence-electron chi connectivity index (χ3n) is 4.03. The summed E-state index contributed by atoms with van der Waals surface area (Å²) in [5, 5.41) is 3.57. The van der Waals surface area contributed by atoms with Gasteiger partial charge in [0.2, 0.25) is 0 Å². The van der Waals surface area contributed by atoms with Crippen LogP contribution in [0.25, 0.3) is 0 Å². The van der Waals surface area contributed by atoms with E-state index < -0.39 is 0 Å². The van der Waals surface area contributed by atoms with Crippen molar-refractivity contribution in [3.63, 3.8) is 0 Å². The largest absolute Gasteiger partial charge is 0.384 e. The molecule has 1 N–H and O–H groups in total. The molecule has 0 fully saturated rings. The first kappa shape index (κ1) is 11.8. The van der Waals surface area contributed by atoms with E-state index in [0.717, 1.165) is 19.0 Å². The first-order valence-electron chi connectivity index (χ1n) is 7.01. The summed E-state index contributed by atoms with van der Waals surface area (Å²) in [4.78, 5) is 2.61. The van der Waals surface area contributed by atoms with E-state index in [1.54, 1.807) is 0 Å². The Morgan fingerprint density at radius 1 is 1.33 bits per heavy atom. The molecule has 18 heavy (non-hydrogen) atoms. The van der Waals surface area contributed by atoms with Crippen LogP contribution in [0.2, 0.25) is 0 Å². The lowest BCUT2D eigenvalue weighted by atomic mass is 9.93. The summed E-state index contributed by atoms with van der Waals surface area (Å²) in [5.41, 5.74) is 4.35. The molecule has 0 saturated carbocycles. The van der Waals surface area contributed by atoms with Crippen LogP contribution in [0.15, 0.2) is 35.9 Å². The molecule has 2 heterocycles. The van der Waals surface area contributed by atoms with Gasteiger partial charge in [0.25, 0.3) is 0 Å². The van der Waals surface area contributed by atoms with E-state index in [1.807, 2.05) is 0 Å². The average Bonchev–Trinajstić information content (AvgIpc) is 2.39. The summed E-state index contributed by atoms with van der Waals surface area (Å²) in [6.07, 6.45) is 4.83. The number of fused-ring (bicyclic) bond motifs is 1. The first-order chi connectivity index (χ1) is 8.81. The van der Waals surface area contributed by atoms with Crippen molar-refractivity contribution in [2.45, 2.75) is 19.8 Å². The molecule has 0 radical (unpaired) electrons. The molecule has 96 valence electrons. The fourth-order valence-corrected chi connectivity index (χ4v) is 3.15. The van der Waals surface area contributed by atoms with Crippen LogP contribution in [0, 0.1) is 5.92 Å². The lowest BCUT2D eigenvalue weighted by Gasteiger charge is -2.33. The van der Waals surface area contributed by atoms with Gasteiger partial charge in [0, 0.05) is 31.9 Å². The Hall–Kier alpha value is -1.28. The van der Waals surface area contributed by atoms with Crippen molar-refractivity contribution in [2.75, 3.05) is 31.5 Å². The lowest BCUT2D eigenvalue weighted by Crippen LogP contribution is -2.38. The quantitative estimate of drug-likeness (QED) is 0.802. The highest BCUT2D eigenvalue weighted by atomic mass is 15.1. The van der Waals surface area contributed by atoms with Gasteiger partial charge in [-0.25, -0.2) is 0 Å². The minimum Gasteiger partial charge on any atom is -0.384 e. The van der Waals surface area contributed by atoms with E-state index in [2.05, 4.69) is 47.5 Å². The average molecular weight is 242 g/mol. The van der Waals surface area contributed by atoms with E-state index in [-0.39, 0.29) is 0 Å². The van der Waals surface area contributed by atoms with Gasteiger partial charge < -0.3 is 5.32 Å². The van der Waals surface area contributed by atoms with Crippen LogP contribution in [0.3, 0.4) is 0 Å². The summed E-state index contributed by atoms with van der Waals surface area (Å²) in [6, 6.07) is 8.72. The van der Waals surface area contributed by atoms with Crippen molar-refractivity contribution < 1.29 is 0 Å². The fourth-order valence-electron chi connectivity index (χ4n) is 3.15. The molecular formula is C16H22N2. The van der Waals surface area contributed by atoms with Crippen molar-refractivity contribution >= 4 is 5.69 Å².